The highest BCUT2D eigenvalue weighted by molar-refractivity contribution is 6.02. The molecule has 0 aromatic heterocycles. The van der Waals surface area contributed by atoms with E-state index < -0.39 is 28.4 Å². The van der Waals surface area contributed by atoms with Crippen molar-refractivity contribution >= 4 is 29.2 Å². The number of hydrogen-bond donors (Lipinski definition) is 1. The van der Waals surface area contributed by atoms with Crippen molar-refractivity contribution in [3.63, 3.8) is 0 Å². The predicted molar refractivity (Wildman–Crippen MR) is 124 cm³/mol. The highest BCUT2D eigenvalue weighted by Gasteiger charge is 2.27. The minimum atomic E-state index is -0.809. The lowest BCUT2D eigenvalue weighted by Gasteiger charge is -2.25. The van der Waals surface area contributed by atoms with E-state index in [9.17, 15) is 24.5 Å². The maximum atomic E-state index is 13.4. The van der Waals surface area contributed by atoms with Crippen LogP contribution in [0, 0.1) is 24.0 Å². The number of rotatable bonds is 8. The number of hydrogen-bond acceptors (Lipinski definition) is 7. The molecule has 1 saturated heterocycles. The Hall–Kier alpha value is -3.79. The van der Waals surface area contributed by atoms with Crippen LogP contribution in [0.25, 0.3) is 0 Å². The number of esters is 1. The SMILES string of the molecule is COC(=O)c1cc(C(=O)N(CC(=O)Nc2cccc(C)c2C)CC2CCCO2)cc([N+](=O)[O-])c1. The topological polar surface area (TPSA) is 128 Å². The maximum absolute atomic E-state index is 13.4. The van der Waals surface area contributed by atoms with E-state index in [1.165, 1.54) is 11.0 Å². The van der Waals surface area contributed by atoms with Gasteiger partial charge in [0.15, 0.2) is 0 Å². The van der Waals surface area contributed by atoms with Gasteiger partial charge in [0.2, 0.25) is 5.91 Å². The third-order valence-electron chi connectivity index (χ3n) is 5.75. The number of ether oxygens (including phenoxy) is 2. The smallest absolute Gasteiger partial charge is 0.338 e. The van der Waals surface area contributed by atoms with Crippen LogP contribution in [0.4, 0.5) is 11.4 Å². The third kappa shape index (κ3) is 5.96. The van der Waals surface area contributed by atoms with Gasteiger partial charge < -0.3 is 19.7 Å². The van der Waals surface area contributed by atoms with Gasteiger partial charge >= 0.3 is 5.97 Å². The normalized spacial score (nSPS) is 15.0. The van der Waals surface area contributed by atoms with E-state index >= 15 is 0 Å². The Labute approximate surface area is 197 Å². The molecule has 1 fully saturated rings. The van der Waals surface area contributed by atoms with Crippen molar-refractivity contribution in [3.8, 4) is 0 Å². The minimum Gasteiger partial charge on any atom is -0.465 e. The summed E-state index contributed by atoms with van der Waals surface area (Å²) in [7, 11) is 1.14. The van der Waals surface area contributed by atoms with Crippen molar-refractivity contribution in [3.05, 3.63) is 68.8 Å². The molecule has 3 rings (SSSR count). The van der Waals surface area contributed by atoms with Gasteiger partial charge in [-0.2, -0.15) is 0 Å². The summed E-state index contributed by atoms with van der Waals surface area (Å²) < 4.78 is 10.3. The molecule has 0 radical (unpaired) electrons. The van der Waals surface area contributed by atoms with E-state index in [4.69, 9.17) is 4.74 Å². The van der Waals surface area contributed by atoms with Gasteiger partial charge in [-0.3, -0.25) is 19.7 Å². The highest BCUT2D eigenvalue weighted by atomic mass is 16.6. The Kier molecular flexibility index (Phi) is 7.95. The zero-order valence-corrected chi connectivity index (χ0v) is 19.3. The summed E-state index contributed by atoms with van der Waals surface area (Å²) in [5.74, 6) is -1.85. The second-order valence-electron chi connectivity index (χ2n) is 8.13. The van der Waals surface area contributed by atoms with E-state index in [1.807, 2.05) is 26.0 Å². The molecule has 1 atom stereocenters. The number of benzene rings is 2. The molecule has 0 bridgehead atoms. The average Bonchev–Trinajstić information content (AvgIpc) is 3.33. The molecular weight excluding hydrogens is 442 g/mol. The summed E-state index contributed by atoms with van der Waals surface area (Å²) >= 11 is 0. The Morgan fingerprint density at radius 1 is 1.21 bits per heavy atom. The Bertz CT molecular complexity index is 1110. The molecule has 0 aliphatic carbocycles. The van der Waals surface area contributed by atoms with Crippen molar-refractivity contribution in [1.29, 1.82) is 0 Å². The zero-order valence-electron chi connectivity index (χ0n) is 19.3. The van der Waals surface area contributed by atoms with Crippen LogP contribution in [0.5, 0.6) is 0 Å². The summed E-state index contributed by atoms with van der Waals surface area (Å²) in [5, 5.41) is 14.2. The molecule has 1 aliphatic heterocycles. The van der Waals surface area contributed by atoms with Crippen molar-refractivity contribution in [2.75, 3.05) is 32.1 Å². The standard InChI is InChI=1S/C24H27N3O7/c1-15-6-4-8-21(16(15)2)25-22(28)14-26(13-20-7-5-9-34-20)23(29)17-10-18(24(30)33-3)12-19(11-17)27(31)32/h4,6,8,10-12,20H,5,7,9,13-14H2,1-3H3,(H,25,28). The van der Waals surface area contributed by atoms with E-state index in [-0.39, 0.29) is 30.3 Å². The van der Waals surface area contributed by atoms with E-state index in [2.05, 4.69) is 10.1 Å². The van der Waals surface area contributed by atoms with E-state index in [0.717, 1.165) is 43.2 Å². The van der Waals surface area contributed by atoms with E-state index in [1.54, 1.807) is 6.07 Å². The lowest BCUT2D eigenvalue weighted by atomic mass is 10.1. The molecular formula is C24H27N3O7. The first-order valence-electron chi connectivity index (χ1n) is 10.8. The summed E-state index contributed by atoms with van der Waals surface area (Å²) in [6.45, 7) is 4.22. The van der Waals surface area contributed by atoms with Crippen molar-refractivity contribution in [2.45, 2.75) is 32.8 Å². The Balaban J connectivity index is 1.89. The number of anilines is 1. The summed E-state index contributed by atoms with van der Waals surface area (Å²) in [5.41, 5.74) is 1.91. The second kappa shape index (κ2) is 10.9. The van der Waals surface area contributed by atoms with Crippen LogP contribution in [0.3, 0.4) is 0 Å². The molecule has 10 nitrogen and oxygen atoms in total. The van der Waals surface area contributed by atoms with Crippen LogP contribution in [-0.4, -0.2) is 60.5 Å². The summed E-state index contributed by atoms with van der Waals surface area (Å²) in [4.78, 5) is 50.2. The fourth-order valence-electron chi connectivity index (χ4n) is 3.76. The summed E-state index contributed by atoms with van der Waals surface area (Å²) in [6.07, 6.45) is 1.31. The fourth-order valence-corrected chi connectivity index (χ4v) is 3.76. The lowest BCUT2D eigenvalue weighted by molar-refractivity contribution is -0.384. The first-order valence-corrected chi connectivity index (χ1v) is 10.8. The van der Waals surface area contributed by atoms with Crippen molar-refractivity contribution in [1.82, 2.24) is 4.90 Å². The number of methoxy groups -OCH3 is 1. The monoisotopic (exact) mass is 469 g/mol. The maximum Gasteiger partial charge on any atom is 0.338 e. The second-order valence-corrected chi connectivity index (χ2v) is 8.13. The van der Waals surface area contributed by atoms with Crippen LogP contribution < -0.4 is 5.32 Å². The first-order chi connectivity index (χ1) is 16.2. The van der Waals surface area contributed by atoms with Gasteiger partial charge in [-0.1, -0.05) is 12.1 Å². The van der Waals surface area contributed by atoms with Crippen LogP contribution in [0.1, 0.15) is 44.7 Å². The number of carbonyl (C=O) groups excluding carboxylic acids is 3. The Morgan fingerprint density at radius 3 is 2.59 bits per heavy atom. The van der Waals surface area contributed by atoms with Gasteiger partial charge in [-0.05, 0) is 49.9 Å². The van der Waals surface area contributed by atoms with Gasteiger partial charge in [0, 0.05) is 36.5 Å². The molecule has 1 N–H and O–H groups in total. The number of amides is 2. The quantitative estimate of drug-likeness (QED) is 0.357. The zero-order chi connectivity index (χ0) is 24.8. The van der Waals surface area contributed by atoms with Crippen molar-refractivity contribution < 1.29 is 28.8 Å². The fraction of sp³-hybridized carbons (Fsp3) is 0.375. The average molecular weight is 469 g/mol. The summed E-state index contributed by atoms with van der Waals surface area (Å²) in [6, 6.07) is 8.88. The number of aryl methyl sites for hydroxylation is 1. The van der Waals surface area contributed by atoms with Gasteiger partial charge in [-0.15, -0.1) is 0 Å². The number of nitrogens with zero attached hydrogens (tertiary/aromatic N) is 2. The largest absolute Gasteiger partial charge is 0.465 e. The van der Waals surface area contributed by atoms with Gasteiger partial charge in [-0.25, -0.2) is 4.79 Å². The van der Waals surface area contributed by atoms with Crippen LogP contribution in [-0.2, 0) is 14.3 Å². The molecule has 1 unspecified atom stereocenters. The van der Waals surface area contributed by atoms with Crippen molar-refractivity contribution in [2.24, 2.45) is 0 Å². The molecule has 1 aliphatic rings. The van der Waals surface area contributed by atoms with E-state index in [0.29, 0.717) is 12.3 Å². The molecule has 10 heteroatoms. The van der Waals surface area contributed by atoms with Gasteiger partial charge in [0.05, 0.1) is 23.7 Å². The van der Waals surface area contributed by atoms with Crippen LogP contribution in [0.15, 0.2) is 36.4 Å². The number of carbonyl (C=O) groups is 3. The predicted octanol–water partition coefficient (Wildman–Crippen LogP) is 3.26. The lowest BCUT2D eigenvalue weighted by Crippen LogP contribution is -2.42. The number of nitrogens with one attached hydrogen (secondary N) is 1. The number of non-ortho nitro benzene ring substituents is 1. The molecule has 34 heavy (non-hydrogen) atoms. The highest BCUT2D eigenvalue weighted by Crippen LogP contribution is 2.22. The van der Waals surface area contributed by atoms with Crippen LogP contribution in [0.2, 0.25) is 0 Å². The molecule has 180 valence electrons. The molecule has 0 saturated carbocycles. The molecule has 2 aromatic rings. The molecule has 2 aromatic carbocycles. The van der Waals surface area contributed by atoms with Crippen LogP contribution >= 0.6 is 0 Å². The van der Waals surface area contributed by atoms with Gasteiger partial charge in [0.25, 0.3) is 11.6 Å². The first kappa shape index (κ1) is 24.8. The third-order valence-corrected chi connectivity index (χ3v) is 5.75. The van der Waals surface area contributed by atoms with Gasteiger partial charge in [0.1, 0.15) is 6.54 Å². The Morgan fingerprint density at radius 2 is 1.94 bits per heavy atom. The molecule has 2 amide bonds. The minimum absolute atomic E-state index is 0.0906. The number of nitro benzene ring substituents is 1. The molecule has 0 spiro atoms. The number of nitro groups is 1. The molecule has 1 heterocycles.